The fraction of sp³-hybridized carbons (Fsp3) is 0.111. The van der Waals surface area contributed by atoms with Crippen LogP contribution < -0.4 is 10.2 Å². The predicted octanol–water partition coefficient (Wildman–Crippen LogP) is 3.27. The molecule has 1 aromatic carbocycles. The molecule has 3 heterocycles. The van der Waals surface area contributed by atoms with Crippen LogP contribution in [0.2, 0.25) is 0 Å². The lowest BCUT2D eigenvalue weighted by Gasteiger charge is -2.29. The summed E-state index contributed by atoms with van der Waals surface area (Å²) in [6, 6.07) is 4.18. The maximum atomic E-state index is 13.0. The van der Waals surface area contributed by atoms with Gasteiger partial charge < -0.3 is 14.6 Å². The molecule has 2 amide bonds. The largest absolute Gasteiger partial charge is 0.441 e. The van der Waals surface area contributed by atoms with Crippen molar-refractivity contribution >= 4 is 28.9 Å². The van der Waals surface area contributed by atoms with Gasteiger partial charge in [-0.05, 0) is 24.3 Å². The number of carbonyl (C=O) groups excluding carboxylic acids is 2. The average Bonchev–Trinajstić information content (AvgIpc) is 3.34. The van der Waals surface area contributed by atoms with E-state index in [0.717, 1.165) is 12.1 Å². The quantitative estimate of drug-likeness (QED) is 0.725. The number of oxazole rings is 1. The molecule has 1 aliphatic heterocycles. The average molecular weight is 403 g/mol. The molecule has 0 saturated carbocycles. The number of halogens is 3. The molecule has 0 aliphatic carbocycles. The number of carbonyl (C=O) groups is 2. The van der Waals surface area contributed by atoms with Crippen molar-refractivity contribution < 1.29 is 27.2 Å². The van der Waals surface area contributed by atoms with E-state index in [4.69, 9.17) is 4.42 Å². The van der Waals surface area contributed by atoms with E-state index in [1.54, 1.807) is 0 Å². The molecule has 1 N–H and O–H groups in total. The van der Waals surface area contributed by atoms with E-state index < -0.39 is 23.6 Å². The first-order valence-electron chi connectivity index (χ1n) is 8.22. The van der Waals surface area contributed by atoms with Crippen molar-refractivity contribution in [2.45, 2.75) is 6.18 Å². The van der Waals surface area contributed by atoms with Crippen molar-refractivity contribution in [3.63, 3.8) is 0 Å². The number of alkyl halides is 3. The molecule has 0 bridgehead atoms. The third kappa shape index (κ3) is 3.26. The van der Waals surface area contributed by atoms with Crippen LogP contribution in [0.25, 0.3) is 5.70 Å². The SMILES string of the molecule is C=C1CN(c2ccc(C(F)(F)F)cc2)C(=O)c2c(NC(=O)c3ncco3)cnn21. The Morgan fingerprint density at radius 2 is 1.97 bits per heavy atom. The Kier molecular flexibility index (Phi) is 4.22. The first kappa shape index (κ1) is 18.5. The van der Waals surface area contributed by atoms with Crippen molar-refractivity contribution in [1.29, 1.82) is 0 Å². The summed E-state index contributed by atoms with van der Waals surface area (Å²) in [5.41, 5.74) is -0.0665. The summed E-state index contributed by atoms with van der Waals surface area (Å²) in [5, 5.41) is 6.54. The zero-order valence-electron chi connectivity index (χ0n) is 14.6. The van der Waals surface area contributed by atoms with Gasteiger partial charge in [0.25, 0.3) is 11.8 Å². The number of benzene rings is 1. The van der Waals surface area contributed by atoms with E-state index >= 15 is 0 Å². The third-order valence-corrected chi connectivity index (χ3v) is 4.24. The second kappa shape index (κ2) is 6.62. The van der Waals surface area contributed by atoms with Gasteiger partial charge in [-0.2, -0.15) is 18.3 Å². The molecule has 3 aromatic rings. The Hall–Kier alpha value is -3.89. The Bertz CT molecular complexity index is 1100. The van der Waals surface area contributed by atoms with Gasteiger partial charge in [0.15, 0.2) is 5.69 Å². The van der Waals surface area contributed by atoms with Gasteiger partial charge in [-0.3, -0.25) is 9.59 Å². The van der Waals surface area contributed by atoms with Gasteiger partial charge in [-0.15, -0.1) is 0 Å². The summed E-state index contributed by atoms with van der Waals surface area (Å²) in [5.74, 6) is -1.44. The van der Waals surface area contributed by atoms with Crippen molar-refractivity contribution in [2.75, 3.05) is 16.8 Å². The van der Waals surface area contributed by atoms with Crippen LogP contribution in [0.3, 0.4) is 0 Å². The van der Waals surface area contributed by atoms with Gasteiger partial charge in [0.05, 0.1) is 35.9 Å². The maximum absolute atomic E-state index is 13.0. The maximum Gasteiger partial charge on any atom is 0.416 e. The second-order valence-electron chi connectivity index (χ2n) is 6.11. The number of amides is 2. The Morgan fingerprint density at radius 1 is 1.24 bits per heavy atom. The standard InChI is InChI=1S/C18H12F3N5O3/c1-10-9-25(12-4-2-11(3-5-12)18(19,20)21)17(28)14-13(8-23-26(10)14)24-15(27)16-22-6-7-29-16/h2-8H,1,9H2,(H,24,27). The van der Waals surface area contributed by atoms with Gasteiger partial charge in [0, 0.05) is 5.69 Å². The van der Waals surface area contributed by atoms with E-state index in [1.807, 2.05) is 0 Å². The Labute approximate surface area is 161 Å². The molecule has 0 fully saturated rings. The van der Waals surface area contributed by atoms with Crippen LogP contribution in [-0.2, 0) is 6.18 Å². The first-order chi connectivity index (χ1) is 13.8. The van der Waals surface area contributed by atoms with Crippen molar-refractivity contribution in [2.24, 2.45) is 0 Å². The van der Waals surface area contributed by atoms with Crippen LogP contribution in [0.1, 0.15) is 26.7 Å². The van der Waals surface area contributed by atoms with E-state index in [9.17, 15) is 22.8 Å². The minimum atomic E-state index is -4.48. The Morgan fingerprint density at radius 3 is 2.59 bits per heavy atom. The van der Waals surface area contributed by atoms with Gasteiger partial charge in [-0.25, -0.2) is 9.67 Å². The van der Waals surface area contributed by atoms with Crippen molar-refractivity contribution in [3.05, 3.63) is 66.6 Å². The van der Waals surface area contributed by atoms with Gasteiger partial charge in [-0.1, -0.05) is 6.58 Å². The van der Waals surface area contributed by atoms with Gasteiger partial charge in [0.1, 0.15) is 6.26 Å². The van der Waals surface area contributed by atoms with Crippen LogP contribution in [-0.4, -0.2) is 33.1 Å². The molecule has 11 heteroatoms. The summed E-state index contributed by atoms with van der Waals surface area (Å²) in [6.45, 7) is 3.87. The normalized spacial score (nSPS) is 14.1. The molecule has 8 nitrogen and oxygen atoms in total. The lowest BCUT2D eigenvalue weighted by atomic mass is 10.1. The molecule has 0 unspecified atom stereocenters. The number of aromatic nitrogens is 3. The van der Waals surface area contributed by atoms with Crippen LogP contribution in [0.15, 0.2) is 53.9 Å². The van der Waals surface area contributed by atoms with E-state index in [0.29, 0.717) is 5.70 Å². The fourth-order valence-corrected chi connectivity index (χ4v) is 2.88. The van der Waals surface area contributed by atoms with Crippen LogP contribution >= 0.6 is 0 Å². The molecule has 2 aromatic heterocycles. The summed E-state index contributed by atoms with van der Waals surface area (Å²) >= 11 is 0. The molecular weight excluding hydrogens is 391 g/mol. The lowest BCUT2D eigenvalue weighted by Crippen LogP contribution is -2.40. The van der Waals surface area contributed by atoms with Crippen molar-refractivity contribution in [1.82, 2.24) is 14.8 Å². The molecule has 29 heavy (non-hydrogen) atoms. The van der Waals surface area contributed by atoms with E-state index in [-0.39, 0.29) is 29.5 Å². The highest BCUT2D eigenvalue weighted by Gasteiger charge is 2.34. The number of anilines is 2. The zero-order valence-corrected chi connectivity index (χ0v) is 14.6. The Balaban J connectivity index is 1.65. The number of rotatable bonds is 3. The number of nitrogens with one attached hydrogen (secondary N) is 1. The molecule has 148 valence electrons. The molecule has 0 saturated heterocycles. The number of hydrogen-bond acceptors (Lipinski definition) is 5. The second-order valence-corrected chi connectivity index (χ2v) is 6.11. The topological polar surface area (TPSA) is 93.3 Å². The summed E-state index contributed by atoms with van der Waals surface area (Å²) < 4.78 is 44.5. The number of nitrogens with zero attached hydrogens (tertiary/aromatic N) is 4. The highest BCUT2D eigenvalue weighted by Crippen LogP contribution is 2.33. The molecule has 0 atom stereocenters. The molecule has 0 spiro atoms. The summed E-state index contributed by atoms with van der Waals surface area (Å²) in [7, 11) is 0. The molecular formula is C18H12F3N5O3. The fourth-order valence-electron chi connectivity index (χ4n) is 2.88. The molecule has 0 radical (unpaired) electrons. The van der Waals surface area contributed by atoms with Crippen LogP contribution in [0.5, 0.6) is 0 Å². The van der Waals surface area contributed by atoms with Crippen LogP contribution in [0, 0.1) is 0 Å². The smallest absolute Gasteiger partial charge is 0.416 e. The third-order valence-electron chi connectivity index (χ3n) is 4.24. The van der Waals surface area contributed by atoms with Crippen molar-refractivity contribution in [3.8, 4) is 0 Å². The summed E-state index contributed by atoms with van der Waals surface area (Å²) in [4.78, 5) is 30.2. The highest BCUT2D eigenvalue weighted by atomic mass is 19.4. The predicted molar refractivity (Wildman–Crippen MR) is 95.1 cm³/mol. The molecule has 4 rings (SSSR count). The van der Waals surface area contributed by atoms with Crippen LogP contribution in [0.4, 0.5) is 24.5 Å². The molecule has 1 aliphatic rings. The van der Waals surface area contributed by atoms with Gasteiger partial charge >= 0.3 is 12.1 Å². The minimum Gasteiger partial charge on any atom is -0.441 e. The van der Waals surface area contributed by atoms with E-state index in [2.05, 4.69) is 22.0 Å². The number of fused-ring (bicyclic) bond motifs is 1. The first-order valence-corrected chi connectivity index (χ1v) is 8.22. The van der Waals surface area contributed by atoms with Gasteiger partial charge in [0.2, 0.25) is 0 Å². The summed E-state index contributed by atoms with van der Waals surface area (Å²) in [6.07, 6.45) is -0.692. The lowest BCUT2D eigenvalue weighted by molar-refractivity contribution is -0.137. The minimum absolute atomic E-state index is 0.0149. The number of hydrogen-bond donors (Lipinski definition) is 1. The highest BCUT2D eigenvalue weighted by molar-refractivity contribution is 6.14. The van der Waals surface area contributed by atoms with E-state index in [1.165, 1.54) is 40.4 Å². The zero-order chi connectivity index (χ0) is 20.8. The monoisotopic (exact) mass is 403 g/mol.